The summed E-state index contributed by atoms with van der Waals surface area (Å²) < 4.78 is 41.5. The van der Waals surface area contributed by atoms with Gasteiger partial charge in [0.25, 0.3) is 5.91 Å². The molecule has 0 fully saturated rings. The first-order valence-corrected chi connectivity index (χ1v) is 11.4. The minimum atomic E-state index is -0.912. The standard InChI is InChI=1S/C25H17F3N4O2S/c1-14(33)31(22-11-8-16(27)12-19(22)28)25-30-21(13-35-25)23-29-20-5-3-2-4-18(20)24(34)32(23)17-9-6-15(26)7-10-17/h2-13,23,29H,1H3/t23-/m0/s1. The van der Waals surface area contributed by atoms with Crippen LogP contribution in [0.15, 0.2) is 72.1 Å². The number of carbonyl (C=O) groups excluding carboxylic acids is 2. The van der Waals surface area contributed by atoms with E-state index in [0.29, 0.717) is 28.7 Å². The quantitative estimate of drug-likeness (QED) is 0.377. The lowest BCUT2D eigenvalue weighted by atomic mass is 10.1. The Hall–Kier alpha value is -4.18. The molecule has 10 heteroatoms. The number of hydrogen-bond donors (Lipinski definition) is 1. The van der Waals surface area contributed by atoms with Gasteiger partial charge in [0.2, 0.25) is 5.91 Å². The molecular weight excluding hydrogens is 477 g/mol. The minimum Gasteiger partial charge on any atom is -0.359 e. The molecule has 0 saturated carbocycles. The summed E-state index contributed by atoms with van der Waals surface area (Å²) in [6.07, 6.45) is -0.792. The predicted molar refractivity (Wildman–Crippen MR) is 127 cm³/mol. The number of halogens is 3. The third-order valence-corrected chi connectivity index (χ3v) is 6.32. The van der Waals surface area contributed by atoms with Gasteiger partial charge in [-0.25, -0.2) is 18.2 Å². The number of thiazole rings is 1. The molecule has 3 aromatic carbocycles. The molecule has 176 valence electrons. The van der Waals surface area contributed by atoms with E-state index in [1.54, 1.807) is 29.6 Å². The fraction of sp³-hybridized carbons (Fsp3) is 0.0800. The van der Waals surface area contributed by atoms with Crippen LogP contribution in [0.4, 0.5) is 35.4 Å². The average molecular weight is 494 g/mol. The number of rotatable bonds is 4. The van der Waals surface area contributed by atoms with Crippen LogP contribution in [0.1, 0.15) is 29.1 Å². The number of amides is 2. The van der Waals surface area contributed by atoms with E-state index in [2.05, 4.69) is 10.3 Å². The molecule has 1 atom stereocenters. The van der Waals surface area contributed by atoms with E-state index in [-0.39, 0.29) is 16.7 Å². The zero-order valence-electron chi connectivity index (χ0n) is 18.2. The molecule has 5 rings (SSSR count). The first-order valence-electron chi connectivity index (χ1n) is 10.5. The van der Waals surface area contributed by atoms with Gasteiger partial charge in [-0.05, 0) is 48.5 Å². The van der Waals surface area contributed by atoms with Crippen molar-refractivity contribution in [3.8, 4) is 0 Å². The molecule has 0 unspecified atom stereocenters. The monoisotopic (exact) mass is 494 g/mol. The van der Waals surface area contributed by atoms with Gasteiger partial charge < -0.3 is 5.32 Å². The van der Waals surface area contributed by atoms with E-state index in [9.17, 15) is 22.8 Å². The predicted octanol–water partition coefficient (Wildman–Crippen LogP) is 6.02. The molecule has 2 amide bonds. The Morgan fingerprint density at radius 3 is 2.46 bits per heavy atom. The van der Waals surface area contributed by atoms with Gasteiger partial charge in [-0.1, -0.05) is 12.1 Å². The second-order valence-electron chi connectivity index (χ2n) is 7.75. The Morgan fingerprint density at radius 1 is 1.03 bits per heavy atom. The van der Waals surface area contributed by atoms with Gasteiger partial charge in [0.15, 0.2) is 11.3 Å². The topological polar surface area (TPSA) is 65.5 Å². The third kappa shape index (κ3) is 4.12. The lowest BCUT2D eigenvalue weighted by Crippen LogP contribution is -2.43. The van der Waals surface area contributed by atoms with Crippen LogP contribution in [0, 0.1) is 17.5 Å². The Labute approximate surface area is 202 Å². The summed E-state index contributed by atoms with van der Waals surface area (Å²) in [6, 6.07) is 15.3. The zero-order chi connectivity index (χ0) is 24.7. The first kappa shape index (κ1) is 22.6. The van der Waals surface area contributed by atoms with Gasteiger partial charge in [-0.15, -0.1) is 11.3 Å². The van der Waals surface area contributed by atoms with Crippen LogP contribution >= 0.6 is 11.3 Å². The molecule has 0 saturated heterocycles. The lowest BCUT2D eigenvalue weighted by Gasteiger charge is -2.37. The molecule has 6 nitrogen and oxygen atoms in total. The van der Waals surface area contributed by atoms with Gasteiger partial charge in [-0.2, -0.15) is 0 Å². The van der Waals surface area contributed by atoms with E-state index in [4.69, 9.17) is 0 Å². The highest BCUT2D eigenvalue weighted by Crippen LogP contribution is 2.39. The molecule has 4 aromatic rings. The lowest BCUT2D eigenvalue weighted by molar-refractivity contribution is -0.115. The molecule has 1 aromatic heterocycles. The molecule has 2 heterocycles. The van der Waals surface area contributed by atoms with Crippen LogP contribution in [0.25, 0.3) is 0 Å². The van der Waals surface area contributed by atoms with Crippen LogP contribution in [0.3, 0.4) is 0 Å². The Balaban J connectivity index is 1.59. The number of aromatic nitrogens is 1. The zero-order valence-corrected chi connectivity index (χ0v) is 19.0. The van der Waals surface area contributed by atoms with Gasteiger partial charge in [0, 0.05) is 29.7 Å². The van der Waals surface area contributed by atoms with Gasteiger partial charge in [-0.3, -0.25) is 19.4 Å². The van der Waals surface area contributed by atoms with Crippen molar-refractivity contribution < 1.29 is 22.8 Å². The Morgan fingerprint density at radius 2 is 1.74 bits per heavy atom. The molecule has 35 heavy (non-hydrogen) atoms. The van der Waals surface area contributed by atoms with Crippen LogP contribution in [0.5, 0.6) is 0 Å². The van der Waals surface area contributed by atoms with E-state index in [1.807, 2.05) is 0 Å². The summed E-state index contributed by atoms with van der Waals surface area (Å²) in [5, 5.41) is 5.06. The van der Waals surface area contributed by atoms with Crippen LogP contribution < -0.4 is 15.1 Å². The van der Waals surface area contributed by atoms with Crippen molar-refractivity contribution in [3.05, 3.63) is 101 Å². The first-order chi connectivity index (χ1) is 16.8. The number of benzene rings is 3. The summed E-state index contributed by atoms with van der Waals surface area (Å²) in [5.74, 6) is -2.97. The van der Waals surface area contributed by atoms with Crippen molar-refractivity contribution in [2.24, 2.45) is 0 Å². The van der Waals surface area contributed by atoms with Crippen molar-refractivity contribution >= 4 is 45.3 Å². The normalized spacial score (nSPS) is 14.9. The minimum absolute atomic E-state index is 0.144. The largest absolute Gasteiger partial charge is 0.359 e. The van der Waals surface area contributed by atoms with Crippen molar-refractivity contribution in [1.29, 1.82) is 0 Å². The Bertz CT molecular complexity index is 1440. The van der Waals surface area contributed by atoms with Crippen LogP contribution in [-0.2, 0) is 4.79 Å². The van der Waals surface area contributed by atoms with Gasteiger partial charge >= 0.3 is 0 Å². The molecule has 1 N–H and O–H groups in total. The number of hydrogen-bond acceptors (Lipinski definition) is 5. The molecule has 0 aliphatic carbocycles. The van der Waals surface area contributed by atoms with Gasteiger partial charge in [0.05, 0.1) is 16.9 Å². The SMILES string of the molecule is CC(=O)N(c1nc([C@H]2Nc3ccccc3C(=O)N2c2ccc(F)cc2)cs1)c1ccc(F)cc1F. The molecule has 1 aliphatic rings. The van der Waals surface area contributed by atoms with Gasteiger partial charge in [0.1, 0.15) is 17.5 Å². The smallest absolute Gasteiger partial charge is 0.262 e. The fourth-order valence-electron chi connectivity index (χ4n) is 3.90. The summed E-state index contributed by atoms with van der Waals surface area (Å²) in [4.78, 5) is 32.9. The third-order valence-electron chi connectivity index (χ3n) is 5.48. The number of anilines is 4. The Kier molecular flexibility index (Phi) is 5.73. The average Bonchev–Trinajstić information content (AvgIpc) is 3.31. The second-order valence-corrected chi connectivity index (χ2v) is 8.59. The molecule has 0 radical (unpaired) electrons. The second kappa shape index (κ2) is 8.88. The summed E-state index contributed by atoms with van der Waals surface area (Å²) in [7, 11) is 0. The van der Waals surface area contributed by atoms with Crippen LogP contribution in [-0.4, -0.2) is 16.8 Å². The highest BCUT2D eigenvalue weighted by molar-refractivity contribution is 7.14. The summed E-state index contributed by atoms with van der Waals surface area (Å²) >= 11 is 1.07. The van der Waals surface area contributed by atoms with Crippen molar-refractivity contribution in [2.75, 3.05) is 15.1 Å². The number of nitrogens with zero attached hydrogens (tertiary/aromatic N) is 3. The maximum Gasteiger partial charge on any atom is 0.262 e. The van der Waals surface area contributed by atoms with Crippen molar-refractivity contribution in [2.45, 2.75) is 13.1 Å². The fourth-order valence-corrected chi connectivity index (χ4v) is 4.80. The molecule has 0 bridgehead atoms. The van der Waals surface area contributed by atoms with Crippen molar-refractivity contribution in [3.63, 3.8) is 0 Å². The van der Waals surface area contributed by atoms with E-state index in [1.165, 1.54) is 36.1 Å². The molecular formula is C25H17F3N4O2S. The number of carbonyl (C=O) groups is 2. The van der Waals surface area contributed by atoms with Crippen molar-refractivity contribution in [1.82, 2.24) is 4.98 Å². The number of para-hydroxylation sites is 1. The highest BCUT2D eigenvalue weighted by atomic mass is 32.1. The van der Waals surface area contributed by atoms with Crippen LogP contribution in [0.2, 0.25) is 0 Å². The summed E-state index contributed by atoms with van der Waals surface area (Å²) in [6.45, 7) is 1.24. The molecule has 0 spiro atoms. The highest BCUT2D eigenvalue weighted by Gasteiger charge is 2.36. The maximum atomic E-state index is 14.5. The van der Waals surface area contributed by atoms with E-state index >= 15 is 0 Å². The number of nitrogens with one attached hydrogen (secondary N) is 1. The molecule has 1 aliphatic heterocycles. The van der Waals surface area contributed by atoms with E-state index in [0.717, 1.165) is 28.4 Å². The number of fused-ring (bicyclic) bond motifs is 1. The maximum absolute atomic E-state index is 14.5. The van der Waals surface area contributed by atoms with E-state index < -0.39 is 29.5 Å². The summed E-state index contributed by atoms with van der Waals surface area (Å²) in [5.41, 5.74) is 1.69.